The molecule has 0 rings (SSSR count). The smallest absolute Gasteiger partial charge is 0.261 e. The van der Waals surface area contributed by atoms with Crippen molar-refractivity contribution in [3.05, 3.63) is 36.1 Å². The molecule has 0 aromatic carbocycles. The Kier molecular flexibility index (Phi) is 6.71. The average Bonchev–Trinajstić information content (AvgIpc) is 2.37. The van der Waals surface area contributed by atoms with Crippen LogP contribution < -0.4 is 0 Å². The average molecular weight is 350 g/mol. The van der Waals surface area contributed by atoms with Crippen LogP contribution >= 0.6 is 0 Å². The maximum absolute atomic E-state index is 12.0. The Balaban J connectivity index is 6.52. The van der Waals surface area contributed by atoms with Crippen molar-refractivity contribution in [3.63, 3.8) is 0 Å². The zero-order valence-electron chi connectivity index (χ0n) is 12.5. The molecule has 2 amide bonds. The Hall–Kier alpha value is -1.94. The van der Waals surface area contributed by atoms with Gasteiger partial charge in [0.1, 0.15) is 0 Å². The third-order valence-corrected chi connectivity index (χ3v) is 5.32. The molecule has 0 aromatic rings. The fourth-order valence-corrected chi connectivity index (χ4v) is 3.65. The van der Waals surface area contributed by atoms with Crippen LogP contribution in [0.15, 0.2) is 36.1 Å². The van der Waals surface area contributed by atoms with Gasteiger partial charge in [-0.1, -0.05) is 19.2 Å². The molecule has 0 aliphatic heterocycles. The molecule has 0 spiro atoms. The Morgan fingerprint density at radius 3 is 1.41 bits per heavy atom. The third-order valence-electron chi connectivity index (χ3n) is 2.44. The van der Waals surface area contributed by atoms with Crippen molar-refractivity contribution in [2.75, 3.05) is 0 Å². The van der Waals surface area contributed by atoms with Crippen molar-refractivity contribution < 1.29 is 26.4 Å². The molecule has 0 bridgehead atoms. The second kappa shape index (κ2) is 7.36. The van der Waals surface area contributed by atoms with E-state index in [1.165, 1.54) is 13.0 Å². The number of hydrogen-bond acceptors (Lipinski definition) is 6. The molecule has 10 heteroatoms. The summed E-state index contributed by atoms with van der Waals surface area (Å²) in [4.78, 5) is 23.4. The van der Waals surface area contributed by atoms with Gasteiger partial charge >= 0.3 is 0 Å². The summed E-state index contributed by atoms with van der Waals surface area (Å²) >= 11 is 0. The van der Waals surface area contributed by atoms with Gasteiger partial charge in [-0.3, -0.25) is 9.59 Å². The first kappa shape index (κ1) is 20.1. The Labute approximate surface area is 130 Å². The predicted molar refractivity (Wildman–Crippen MR) is 81.9 cm³/mol. The molecule has 0 atom stereocenters. The van der Waals surface area contributed by atoms with Crippen molar-refractivity contribution >= 4 is 31.9 Å². The summed E-state index contributed by atoms with van der Waals surface area (Å²) in [6.45, 7) is 9.50. The summed E-state index contributed by atoms with van der Waals surface area (Å²) < 4.78 is 48.5. The lowest BCUT2D eigenvalue weighted by Crippen LogP contribution is -2.54. The fraction of sp³-hybridized carbons (Fsp3) is 0.333. The normalized spacial score (nSPS) is 12.2. The van der Waals surface area contributed by atoms with Crippen LogP contribution in [0.25, 0.3) is 0 Å². The maximum Gasteiger partial charge on any atom is 0.261 e. The first-order valence-corrected chi connectivity index (χ1v) is 8.94. The van der Waals surface area contributed by atoms with Crippen LogP contribution in [0.5, 0.6) is 0 Å². The molecule has 0 radical (unpaired) electrons. The molecule has 22 heavy (non-hydrogen) atoms. The summed E-state index contributed by atoms with van der Waals surface area (Å²) in [5.41, 5.74) is 0. The summed E-state index contributed by atoms with van der Waals surface area (Å²) in [5.74, 6) is -1.96. The minimum atomic E-state index is -4.32. The number of allylic oxidation sites excluding steroid dienone is 1. The number of hydrogen-bond donors (Lipinski definition) is 0. The van der Waals surface area contributed by atoms with Crippen molar-refractivity contribution in [1.82, 2.24) is 8.61 Å². The molecule has 8 nitrogen and oxygen atoms in total. The van der Waals surface area contributed by atoms with E-state index in [-0.39, 0.29) is 8.61 Å². The van der Waals surface area contributed by atoms with Crippen LogP contribution in [0.1, 0.15) is 20.8 Å². The van der Waals surface area contributed by atoms with Gasteiger partial charge in [-0.05, 0) is 13.0 Å². The van der Waals surface area contributed by atoms with Crippen molar-refractivity contribution in [1.29, 1.82) is 0 Å². The van der Waals surface area contributed by atoms with Crippen LogP contribution in [0.3, 0.4) is 0 Å². The molecular formula is C12H18N2O6S2. The Morgan fingerprint density at radius 1 is 0.909 bits per heavy atom. The number of carbonyl (C=O) groups excluding carboxylic acids is 2. The van der Waals surface area contributed by atoms with Crippen molar-refractivity contribution in [3.8, 4) is 0 Å². The van der Waals surface area contributed by atoms with E-state index in [1.807, 2.05) is 0 Å². The van der Waals surface area contributed by atoms with Crippen molar-refractivity contribution in [2.45, 2.75) is 26.9 Å². The van der Waals surface area contributed by atoms with Gasteiger partial charge < -0.3 is 0 Å². The second-order valence-electron chi connectivity index (χ2n) is 3.99. The van der Waals surface area contributed by atoms with Crippen LogP contribution in [0, 0.1) is 0 Å². The van der Waals surface area contributed by atoms with E-state index in [4.69, 9.17) is 0 Å². The van der Waals surface area contributed by atoms with Crippen molar-refractivity contribution in [2.24, 2.45) is 0 Å². The number of sulfonamides is 2. The number of carbonyl (C=O) groups is 2. The highest BCUT2D eigenvalue weighted by Crippen LogP contribution is 2.19. The molecule has 0 saturated carbocycles. The SMILES string of the molecule is C=CS(=O)(=O)N(C(C)=O)C(/C=C/C)N(C(C)=O)S(=O)(=O)C=C. The number of nitrogens with zero attached hydrogens (tertiary/aromatic N) is 2. The van der Waals surface area contributed by atoms with E-state index in [0.717, 1.165) is 19.9 Å². The highest BCUT2D eigenvalue weighted by Gasteiger charge is 2.39. The van der Waals surface area contributed by atoms with E-state index in [2.05, 4.69) is 13.2 Å². The predicted octanol–water partition coefficient (Wildman–Crippen LogP) is 0.532. The van der Waals surface area contributed by atoms with E-state index < -0.39 is 38.0 Å². The molecule has 0 saturated heterocycles. The highest BCUT2D eigenvalue weighted by atomic mass is 32.2. The van der Waals surface area contributed by atoms with Gasteiger partial charge in [0, 0.05) is 24.7 Å². The minimum Gasteiger partial charge on any atom is -0.274 e. The van der Waals surface area contributed by atoms with E-state index in [1.54, 1.807) is 0 Å². The van der Waals surface area contributed by atoms with Gasteiger partial charge in [-0.25, -0.2) is 25.4 Å². The van der Waals surface area contributed by atoms with Gasteiger partial charge in [0.25, 0.3) is 20.0 Å². The van der Waals surface area contributed by atoms with E-state index in [9.17, 15) is 26.4 Å². The summed E-state index contributed by atoms with van der Waals surface area (Å²) in [7, 11) is -8.65. The molecule has 124 valence electrons. The molecule has 0 fully saturated rings. The van der Waals surface area contributed by atoms with Gasteiger partial charge in [0.2, 0.25) is 11.8 Å². The largest absolute Gasteiger partial charge is 0.274 e. The summed E-state index contributed by atoms with van der Waals surface area (Å²) in [5, 5.41) is 0.980. The Morgan fingerprint density at radius 2 is 1.23 bits per heavy atom. The lowest BCUT2D eigenvalue weighted by Gasteiger charge is -2.33. The van der Waals surface area contributed by atoms with Gasteiger partial charge in [0.15, 0.2) is 6.17 Å². The first-order chi connectivity index (χ1) is 9.96. The van der Waals surface area contributed by atoms with E-state index >= 15 is 0 Å². The molecule has 0 aliphatic rings. The summed E-state index contributed by atoms with van der Waals surface area (Å²) in [6, 6.07) is 0. The molecule has 0 unspecified atom stereocenters. The molecule has 0 aliphatic carbocycles. The van der Waals surface area contributed by atoms with Crippen LogP contribution in [-0.4, -0.2) is 43.4 Å². The van der Waals surface area contributed by atoms with Gasteiger partial charge in [-0.2, -0.15) is 0 Å². The molecule has 0 heterocycles. The lowest BCUT2D eigenvalue weighted by atomic mass is 10.4. The first-order valence-electron chi connectivity index (χ1n) is 5.94. The molecule has 0 N–H and O–H groups in total. The highest BCUT2D eigenvalue weighted by molar-refractivity contribution is 7.93. The van der Waals surface area contributed by atoms with Crippen LogP contribution in [0.2, 0.25) is 0 Å². The number of amides is 2. The van der Waals surface area contributed by atoms with Gasteiger partial charge in [0.05, 0.1) is 0 Å². The summed E-state index contributed by atoms with van der Waals surface area (Å²) in [6.07, 6.45) is 0.713. The number of rotatable bonds is 7. The maximum atomic E-state index is 12.0. The quantitative estimate of drug-likeness (QED) is 0.489. The molecule has 0 aromatic heterocycles. The van der Waals surface area contributed by atoms with Gasteiger partial charge in [-0.15, -0.1) is 0 Å². The zero-order valence-corrected chi connectivity index (χ0v) is 14.1. The standard InChI is InChI=1S/C12H18N2O6S2/c1-6-9-12(13(10(4)15)21(17,18)7-2)14(11(5)16)22(19,20)8-3/h6-9,12H,2-3H2,1,4-5H3/b9-6+. The zero-order chi connectivity index (χ0) is 17.7. The lowest BCUT2D eigenvalue weighted by molar-refractivity contribution is -0.130. The second-order valence-corrected chi connectivity index (χ2v) is 7.51. The topological polar surface area (TPSA) is 109 Å². The van der Waals surface area contributed by atoms with Crippen LogP contribution in [-0.2, 0) is 29.6 Å². The minimum absolute atomic E-state index is 0.252. The van der Waals surface area contributed by atoms with E-state index in [0.29, 0.717) is 10.8 Å². The fourth-order valence-electron chi connectivity index (χ4n) is 1.62. The van der Waals surface area contributed by atoms with Crippen LogP contribution in [0.4, 0.5) is 0 Å². The monoisotopic (exact) mass is 350 g/mol. The molecular weight excluding hydrogens is 332 g/mol. The third kappa shape index (κ3) is 4.28. The Bertz CT molecular complexity index is 650.